The number of ether oxygens (including phenoxy) is 1. The lowest BCUT2D eigenvalue weighted by Gasteiger charge is -2.21. The SMILES string of the molecule is CCN(CC(=O)Nc1cccc(Cl)c1)S(=O)(=O)c1cc(F)ccc1OC. The van der Waals surface area contributed by atoms with Gasteiger partial charge >= 0.3 is 0 Å². The van der Waals surface area contributed by atoms with Crippen LogP contribution in [0.15, 0.2) is 47.4 Å². The zero-order valence-electron chi connectivity index (χ0n) is 14.2. The third-order valence-electron chi connectivity index (χ3n) is 3.52. The maximum Gasteiger partial charge on any atom is 0.247 e. The Morgan fingerprint density at radius 3 is 2.62 bits per heavy atom. The van der Waals surface area contributed by atoms with Crippen LogP contribution in [0.4, 0.5) is 10.1 Å². The minimum Gasteiger partial charge on any atom is -0.495 e. The lowest BCUT2D eigenvalue weighted by Crippen LogP contribution is -2.38. The predicted molar refractivity (Wildman–Crippen MR) is 97.5 cm³/mol. The summed E-state index contributed by atoms with van der Waals surface area (Å²) in [5.74, 6) is -1.27. The molecule has 1 amide bonds. The molecule has 0 radical (unpaired) electrons. The number of hydrogen-bond donors (Lipinski definition) is 1. The highest BCUT2D eigenvalue weighted by atomic mass is 35.5. The van der Waals surface area contributed by atoms with Crippen molar-refractivity contribution in [3.63, 3.8) is 0 Å². The molecule has 2 aromatic rings. The van der Waals surface area contributed by atoms with E-state index in [9.17, 15) is 17.6 Å². The fourth-order valence-electron chi connectivity index (χ4n) is 2.28. The minimum absolute atomic E-state index is 0.0000920. The first-order chi connectivity index (χ1) is 12.3. The number of carbonyl (C=O) groups is 1. The average molecular weight is 401 g/mol. The Morgan fingerprint density at radius 1 is 1.27 bits per heavy atom. The second-order valence-electron chi connectivity index (χ2n) is 5.28. The number of sulfonamides is 1. The van der Waals surface area contributed by atoms with E-state index in [0.29, 0.717) is 10.7 Å². The van der Waals surface area contributed by atoms with E-state index in [-0.39, 0.29) is 17.2 Å². The molecule has 0 aromatic heterocycles. The Morgan fingerprint density at radius 2 is 2.00 bits per heavy atom. The number of methoxy groups -OCH3 is 1. The summed E-state index contributed by atoms with van der Waals surface area (Å²) >= 11 is 5.86. The van der Waals surface area contributed by atoms with Crippen LogP contribution in [0.25, 0.3) is 0 Å². The molecule has 0 heterocycles. The summed E-state index contributed by atoms with van der Waals surface area (Å²) < 4.78 is 45.1. The number of benzene rings is 2. The van der Waals surface area contributed by atoms with E-state index in [1.807, 2.05) is 0 Å². The molecular weight excluding hydrogens is 383 g/mol. The fourth-order valence-corrected chi connectivity index (χ4v) is 4.05. The lowest BCUT2D eigenvalue weighted by atomic mass is 10.3. The molecule has 0 aliphatic rings. The van der Waals surface area contributed by atoms with Gasteiger partial charge in [-0.05, 0) is 36.4 Å². The third kappa shape index (κ3) is 4.72. The number of carbonyl (C=O) groups excluding carboxylic acids is 1. The van der Waals surface area contributed by atoms with Gasteiger partial charge in [0.15, 0.2) is 0 Å². The summed E-state index contributed by atoms with van der Waals surface area (Å²) in [6.45, 7) is 1.16. The summed E-state index contributed by atoms with van der Waals surface area (Å²) in [4.78, 5) is 11.9. The number of nitrogens with one attached hydrogen (secondary N) is 1. The van der Waals surface area contributed by atoms with Gasteiger partial charge in [-0.15, -0.1) is 0 Å². The van der Waals surface area contributed by atoms with Crippen molar-refractivity contribution in [1.29, 1.82) is 0 Å². The zero-order valence-corrected chi connectivity index (χ0v) is 15.8. The largest absolute Gasteiger partial charge is 0.495 e. The third-order valence-corrected chi connectivity index (χ3v) is 5.70. The fraction of sp³-hybridized carbons (Fsp3) is 0.235. The van der Waals surface area contributed by atoms with E-state index in [1.54, 1.807) is 31.2 Å². The Labute approximate surface area is 156 Å². The minimum atomic E-state index is -4.13. The van der Waals surface area contributed by atoms with Crippen molar-refractivity contribution in [2.45, 2.75) is 11.8 Å². The summed E-state index contributed by atoms with van der Waals surface area (Å²) in [5.41, 5.74) is 0.444. The lowest BCUT2D eigenvalue weighted by molar-refractivity contribution is -0.116. The number of rotatable bonds is 7. The summed E-state index contributed by atoms with van der Waals surface area (Å²) in [6, 6.07) is 9.66. The van der Waals surface area contributed by atoms with Gasteiger partial charge in [-0.25, -0.2) is 12.8 Å². The summed E-state index contributed by atoms with van der Waals surface area (Å²) in [7, 11) is -2.84. The smallest absolute Gasteiger partial charge is 0.247 e. The van der Waals surface area contributed by atoms with E-state index in [0.717, 1.165) is 16.4 Å². The standard InChI is InChI=1S/C17H18ClFN2O4S/c1-3-21(11-17(22)20-14-6-4-5-12(18)9-14)26(23,24)16-10-13(19)7-8-15(16)25-2/h4-10H,3,11H2,1-2H3,(H,20,22). The van der Waals surface area contributed by atoms with Gasteiger partial charge in [-0.2, -0.15) is 4.31 Å². The maximum absolute atomic E-state index is 13.5. The molecular formula is C17H18ClFN2O4S. The van der Waals surface area contributed by atoms with Crippen molar-refractivity contribution < 1.29 is 22.3 Å². The van der Waals surface area contributed by atoms with Gasteiger partial charge in [0.25, 0.3) is 0 Å². The first kappa shape index (κ1) is 20.2. The van der Waals surface area contributed by atoms with Crippen molar-refractivity contribution in [3.05, 3.63) is 53.3 Å². The Hall–Kier alpha value is -2.16. The second-order valence-corrected chi connectivity index (χ2v) is 7.63. The van der Waals surface area contributed by atoms with Crippen LogP contribution in [0.2, 0.25) is 5.02 Å². The Bertz CT molecular complexity index is 905. The molecule has 0 aliphatic carbocycles. The van der Waals surface area contributed by atoms with Crippen LogP contribution in [0.1, 0.15) is 6.92 Å². The molecule has 0 spiro atoms. The highest BCUT2D eigenvalue weighted by Gasteiger charge is 2.29. The van der Waals surface area contributed by atoms with Gasteiger partial charge in [0, 0.05) is 17.3 Å². The molecule has 9 heteroatoms. The number of halogens is 2. The molecule has 6 nitrogen and oxygen atoms in total. The predicted octanol–water partition coefficient (Wildman–Crippen LogP) is 3.14. The van der Waals surface area contributed by atoms with E-state index in [1.165, 1.54) is 13.2 Å². The number of nitrogens with zero attached hydrogens (tertiary/aromatic N) is 1. The van der Waals surface area contributed by atoms with Gasteiger partial charge < -0.3 is 10.1 Å². The molecule has 2 aromatic carbocycles. The van der Waals surface area contributed by atoms with E-state index in [2.05, 4.69) is 5.32 Å². The quantitative estimate of drug-likeness (QED) is 0.774. The maximum atomic E-state index is 13.5. The van der Waals surface area contributed by atoms with Crippen molar-refractivity contribution in [3.8, 4) is 5.75 Å². The van der Waals surface area contributed by atoms with Crippen molar-refractivity contribution in [2.75, 3.05) is 25.5 Å². The first-order valence-electron chi connectivity index (χ1n) is 7.67. The van der Waals surface area contributed by atoms with Crippen LogP contribution >= 0.6 is 11.6 Å². The zero-order chi connectivity index (χ0) is 19.3. The number of amides is 1. The summed E-state index contributed by atoms with van der Waals surface area (Å²) in [6.07, 6.45) is 0. The molecule has 0 fully saturated rings. The highest BCUT2D eigenvalue weighted by molar-refractivity contribution is 7.89. The molecule has 140 valence electrons. The monoisotopic (exact) mass is 400 g/mol. The first-order valence-corrected chi connectivity index (χ1v) is 9.49. The Kier molecular flexibility index (Phi) is 6.57. The molecule has 0 bridgehead atoms. The molecule has 0 saturated heterocycles. The van der Waals surface area contributed by atoms with Gasteiger partial charge in [-0.3, -0.25) is 4.79 Å². The van der Waals surface area contributed by atoms with Crippen LogP contribution in [-0.4, -0.2) is 38.8 Å². The van der Waals surface area contributed by atoms with Crippen molar-refractivity contribution in [1.82, 2.24) is 4.31 Å². The van der Waals surface area contributed by atoms with E-state index < -0.39 is 28.3 Å². The molecule has 2 rings (SSSR count). The summed E-state index contributed by atoms with van der Waals surface area (Å²) in [5, 5.41) is 3.01. The van der Waals surface area contributed by atoms with Gasteiger partial charge in [-0.1, -0.05) is 24.6 Å². The molecule has 26 heavy (non-hydrogen) atoms. The van der Waals surface area contributed by atoms with Crippen molar-refractivity contribution >= 4 is 33.2 Å². The van der Waals surface area contributed by atoms with Gasteiger partial charge in [0.05, 0.1) is 13.7 Å². The molecule has 0 atom stereocenters. The Balaban J connectivity index is 2.24. The molecule has 0 saturated carbocycles. The van der Waals surface area contributed by atoms with Gasteiger partial charge in [0.2, 0.25) is 15.9 Å². The van der Waals surface area contributed by atoms with Crippen LogP contribution in [0.5, 0.6) is 5.75 Å². The second kappa shape index (κ2) is 8.48. The van der Waals surface area contributed by atoms with Crippen molar-refractivity contribution in [2.24, 2.45) is 0 Å². The normalized spacial score (nSPS) is 11.4. The van der Waals surface area contributed by atoms with Crippen LogP contribution < -0.4 is 10.1 Å². The number of likely N-dealkylation sites (N-methyl/N-ethyl adjacent to an activating group) is 1. The van der Waals surface area contributed by atoms with E-state index in [4.69, 9.17) is 16.3 Å². The number of hydrogen-bond acceptors (Lipinski definition) is 4. The highest BCUT2D eigenvalue weighted by Crippen LogP contribution is 2.27. The average Bonchev–Trinajstić information content (AvgIpc) is 2.59. The molecule has 0 unspecified atom stereocenters. The molecule has 0 aliphatic heterocycles. The van der Waals surface area contributed by atoms with Gasteiger partial charge in [0.1, 0.15) is 16.5 Å². The topological polar surface area (TPSA) is 75.7 Å². The van der Waals surface area contributed by atoms with Crippen LogP contribution in [0.3, 0.4) is 0 Å². The molecule has 1 N–H and O–H groups in total. The van der Waals surface area contributed by atoms with Crippen LogP contribution in [-0.2, 0) is 14.8 Å². The van der Waals surface area contributed by atoms with Crippen LogP contribution in [0, 0.1) is 5.82 Å². The number of anilines is 1. The van der Waals surface area contributed by atoms with E-state index >= 15 is 0 Å².